The monoisotopic (exact) mass is 336 g/mol. The first-order valence-electron chi connectivity index (χ1n) is 8.66. The SMILES string of the molecule is O=C(CN1CCOCC1)N1CCCC1CC(O)c1ccc(F)cc1. The first-order chi connectivity index (χ1) is 11.6. The van der Waals surface area contributed by atoms with Crippen molar-refractivity contribution < 1.29 is 19.0 Å². The maximum atomic E-state index is 13.0. The predicted octanol–water partition coefficient (Wildman–Crippen LogP) is 1.57. The number of amides is 1. The normalized spacial score (nSPS) is 23.4. The fourth-order valence-electron chi connectivity index (χ4n) is 3.53. The zero-order chi connectivity index (χ0) is 16.9. The zero-order valence-electron chi connectivity index (χ0n) is 13.9. The maximum Gasteiger partial charge on any atom is 0.237 e. The largest absolute Gasteiger partial charge is 0.388 e. The van der Waals surface area contributed by atoms with E-state index in [2.05, 4.69) is 4.90 Å². The van der Waals surface area contributed by atoms with Crippen LogP contribution in [0.3, 0.4) is 0 Å². The second-order valence-corrected chi connectivity index (χ2v) is 6.57. The summed E-state index contributed by atoms with van der Waals surface area (Å²) in [4.78, 5) is 16.6. The number of halogens is 1. The lowest BCUT2D eigenvalue weighted by molar-refractivity contribution is -0.134. The van der Waals surface area contributed by atoms with Crippen molar-refractivity contribution in [3.05, 3.63) is 35.6 Å². The molecule has 132 valence electrons. The third kappa shape index (κ3) is 4.32. The Morgan fingerprint density at radius 3 is 2.67 bits per heavy atom. The highest BCUT2D eigenvalue weighted by Crippen LogP contribution is 2.27. The second-order valence-electron chi connectivity index (χ2n) is 6.57. The minimum absolute atomic E-state index is 0.0543. The van der Waals surface area contributed by atoms with Gasteiger partial charge in [0.25, 0.3) is 0 Å². The molecular formula is C18H25FN2O3. The molecule has 0 aromatic heterocycles. The second kappa shape index (κ2) is 8.05. The Hall–Kier alpha value is -1.50. The van der Waals surface area contributed by atoms with E-state index >= 15 is 0 Å². The van der Waals surface area contributed by atoms with E-state index < -0.39 is 6.10 Å². The lowest BCUT2D eigenvalue weighted by atomic mass is 10.0. The van der Waals surface area contributed by atoms with Gasteiger partial charge in [0.1, 0.15) is 5.82 Å². The first-order valence-corrected chi connectivity index (χ1v) is 8.66. The van der Waals surface area contributed by atoms with E-state index in [9.17, 15) is 14.3 Å². The highest BCUT2D eigenvalue weighted by molar-refractivity contribution is 5.79. The molecule has 3 rings (SSSR count). The third-order valence-electron chi connectivity index (χ3n) is 4.91. The van der Waals surface area contributed by atoms with Gasteiger partial charge in [0.2, 0.25) is 5.91 Å². The average molecular weight is 336 g/mol. The number of carbonyl (C=O) groups excluding carboxylic acids is 1. The molecule has 2 aliphatic rings. The quantitative estimate of drug-likeness (QED) is 0.887. The standard InChI is InChI=1S/C18H25FN2O3/c19-15-5-3-14(4-6-15)17(22)12-16-2-1-7-21(16)18(23)13-20-8-10-24-11-9-20/h3-6,16-17,22H,1-2,7-13H2. The maximum absolute atomic E-state index is 13.0. The number of ether oxygens (including phenoxy) is 1. The zero-order valence-corrected chi connectivity index (χ0v) is 13.9. The van der Waals surface area contributed by atoms with Gasteiger partial charge in [-0.15, -0.1) is 0 Å². The van der Waals surface area contributed by atoms with Crippen LogP contribution in [-0.4, -0.2) is 66.2 Å². The third-order valence-corrected chi connectivity index (χ3v) is 4.91. The van der Waals surface area contributed by atoms with E-state index in [0.29, 0.717) is 31.7 Å². The van der Waals surface area contributed by atoms with E-state index in [1.54, 1.807) is 12.1 Å². The first kappa shape index (κ1) is 17.3. The summed E-state index contributed by atoms with van der Waals surface area (Å²) in [6, 6.07) is 5.98. The van der Waals surface area contributed by atoms with Gasteiger partial charge in [-0.2, -0.15) is 0 Å². The van der Waals surface area contributed by atoms with E-state index in [1.807, 2.05) is 4.90 Å². The van der Waals surface area contributed by atoms with Crippen LogP contribution in [-0.2, 0) is 9.53 Å². The molecule has 1 aromatic rings. The summed E-state index contributed by atoms with van der Waals surface area (Å²) >= 11 is 0. The molecule has 1 amide bonds. The fourth-order valence-corrected chi connectivity index (χ4v) is 3.53. The Balaban J connectivity index is 1.56. The number of nitrogens with zero attached hydrogens (tertiary/aromatic N) is 2. The van der Waals surface area contributed by atoms with Crippen LogP contribution in [0.15, 0.2) is 24.3 Å². The van der Waals surface area contributed by atoms with Gasteiger partial charge in [-0.3, -0.25) is 9.69 Å². The van der Waals surface area contributed by atoms with Crippen molar-refractivity contribution in [2.75, 3.05) is 39.4 Å². The smallest absolute Gasteiger partial charge is 0.237 e. The van der Waals surface area contributed by atoms with Crippen LogP contribution in [0.25, 0.3) is 0 Å². The molecule has 2 unspecified atom stereocenters. The predicted molar refractivity (Wildman–Crippen MR) is 88.0 cm³/mol. The van der Waals surface area contributed by atoms with E-state index in [0.717, 1.165) is 32.5 Å². The van der Waals surface area contributed by atoms with Crippen LogP contribution in [0.2, 0.25) is 0 Å². The van der Waals surface area contributed by atoms with Crippen LogP contribution >= 0.6 is 0 Å². The van der Waals surface area contributed by atoms with Crippen LogP contribution in [0.4, 0.5) is 4.39 Å². The highest BCUT2D eigenvalue weighted by atomic mass is 19.1. The number of aliphatic hydroxyl groups is 1. The van der Waals surface area contributed by atoms with E-state index in [-0.39, 0.29) is 17.8 Å². The number of carbonyl (C=O) groups is 1. The molecule has 0 saturated carbocycles. The van der Waals surface area contributed by atoms with Crippen molar-refractivity contribution in [3.8, 4) is 0 Å². The molecule has 0 radical (unpaired) electrons. The minimum Gasteiger partial charge on any atom is -0.388 e. The molecule has 2 fully saturated rings. The van der Waals surface area contributed by atoms with Crippen molar-refractivity contribution in [3.63, 3.8) is 0 Å². The molecule has 1 N–H and O–H groups in total. The van der Waals surface area contributed by atoms with Crippen molar-refractivity contribution in [2.45, 2.75) is 31.4 Å². The van der Waals surface area contributed by atoms with Crippen LogP contribution in [0, 0.1) is 5.82 Å². The average Bonchev–Trinajstić information content (AvgIpc) is 3.04. The summed E-state index contributed by atoms with van der Waals surface area (Å²) in [6.07, 6.45) is 1.70. The van der Waals surface area contributed by atoms with Crippen molar-refractivity contribution in [1.29, 1.82) is 0 Å². The summed E-state index contributed by atoms with van der Waals surface area (Å²) < 4.78 is 18.3. The number of aliphatic hydroxyl groups excluding tert-OH is 1. The molecule has 2 aliphatic heterocycles. The van der Waals surface area contributed by atoms with E-state index in [4.69, 9.17) is 4.74 Å². The molecule has 0 spiro atoms. The molecule has 1 aromatic carbocycles. The Morgan fingerprint density at radius 2 is 1.96 bits per heavy atom. The molecule has 24 heavy (non-hydrogen) atoms. The molecule has 2 saturated heterocycles. The summed E-state index contributed by atoms with van der Waals surface area (Å²) in [7, 11) is 0. The number of benzene rings is 1. The Labute approximate surface area is 142 Å². The van der Waals surface area contributed by atoms with Gasteiger partial charge in [0.15, 0.2) is 0 Å². The molecule has 2 atom stereocenters. The molecule has 2 heterocycles. The minimum atomic E-state index is -0.674. The molecule has 0 aliphatic carbocycles. The van der Waals surface area contributed by atoms with Gasteiger partial charge in [0.05, 0.1) is 25.9 Å². The highest BCUT2D eigenvalue weighted by Gasteiger charge is 2.31. The molecule has 0 bridgehead atoms. The van der Waals surface area contributed by atoms with E-state index in [1.165, 1.54) is 12.1 Å². The molecule has 6 heteroatoms. The number of hydrogen-bond donors (Lipinski definition) is 1. The Morgan fingerprint density at radius 1 is 1.25 bits per heavy atom. The lowest BCUT2D eigenvalue weighted by Gasteiger charge is -2.31. The Kier molecular flexibility index (Phi) is 5.81. The van der Waals surface area contributed by atoms with Crippen LogP contribution in [0.5, 0.6) is 0 Å². The fraction of sp³-hybridized carbons (Fsp3) is 0.611. The summed E-state index contributed by atoms with van der Waals surface area (Å²) in [6.45, 7) is 4.13. The van der Waals surface area contributed by atoms with Crippen LogP contribution < -0.4 is 0 Å². The number of rotatable bonds is 5. The number of likely N-dealkylation sites (tertiary alicyclic amines) is 1. The van der Waals surface area contributed by atoms with Crippen LogP contribution in [0.1, 0.15) is 30.9 Å². The van der Waals surface area contributed by atoms with Gasteiger partial charge < -0.3 is 14.7 Å². The van der Waals surface area contributed by atoms with Crippen molar-refractivity contribution in [1.82, 2.24) is 9.80 Å². The lowest BCUT2D eigenvalue weighted by Crippen LogP contribution is -2.46. The molecular weight excluding hydrogens is 311 g/mol. The van der Waals surface area contributed by atoms with Gasteiger partial charge in [-0.1, -0.05) is 12.1 Å². The summed E-state index contributed by atoms with van der Waals surface area (Å²) in [5, 5.41) is 10.4. The van der Waals surface area contributed by atoms with Gasteiger partial charge in [-0.25, -0.2) is 4.39 Å². The van der Waals surface area contributed by atoms with Crippen molar-refractivity contribution in [2.24, 2.45) is 0 Å². The Bertz CT molecular complexity index is 546. The summed E-state index contributed by atoms with van der Waals surface area (Å²) in [5.74, 6) is -0.181. The number of hydrogen-bond acceptors (Lipinski definition) is 4. The molecule has 5 nitrogen and oxygen atoms in total. The van der Waals surface area contributed by atoms with Gasteiger partial charge in [-0.05, 0) is 37.0 Å². The summed E-state index contributed by atoms with van der Waals surface area (Å²) in [5.41, 5.74) is 0.698. The number of morpholine rings is 1. The topological polar surface area (TPSA) is 53.0 Å². The van der Waals surface area contributed by atoms with Crippen molar-refractivity contribution >= 4 is 5.91 Å². The van der Waals surface area contributed by atoms with Gasteiger partial charge >= 0.3 is 0 Å². The van der Waals surface area contributed by atoms with Gasteiger partial charge in [0, 0.05) is 25.7 Å².